The van der Waals surface area contributed by atoms with Crippen molar-refractivity contribution in [2.75, 3.05) is 33.3 Å². The molecule has 2 aliphatic rings. The summed E-state index contributed by atoms with van der Waals surface area (Å²) < 4.78 is 18.8. The van der Waals surface area contributed by atoms with E-state index in [1.165, 1.54) is 25.3 Å². The van der Waals surface area contributed by atoms with Crippen LogP contribution in [0.1, 0.15) is 30.9 Å². The van der Waals surface area contributed by atoms with E-state index in [0.29, 0.717) is 11.8 Å². The molecule has 1 atom stereocenters. The lowest BCUT2D eigenvalue weighted by atomic mass is 9.97. The van der Waals surface area contributed by atoms with Crippen molar-refractivity contribution in [2.24, 2.45) is 5.92 Å². The molecule has 0 spiro atoms. The number of halogens is 1. The Labute approximate surface area is 120 Å². The number of hydrogen-bond acceptors (Lipinski definition) is 3. The zero-order valence-corrected chi connectivity index (χ0v) is 12.1. The van der Waals surface area contributed by atoms with Gasteiger partial charge in [0.1, 0.15) is 11.6 Å². The third-order valence-corrected chi connectivity index (χ3v) is 4.40. The van der Waals surface area contributed by atoms with Crippen LogP contribution >= 0.6 is 0 Å². The molecular weight excluding hydrogens is 255 g/mol. The molecule has 0 radical (unpaired) electrons. The van der Waals surface area contributed by atoms with E-state index in [-0.39, 0.29) is 5.82 Å². The molecule has 110 valence electrons. The fraction of sp³-hybridized carbons (Fsp3) is 0.625. The van der Waals surface area contributed by atoms with Gasteiger partial charge in [0.05, 0.1) is 7.11 Å². The molecule has 1 aliphatic heterocycles. The van der Waals surface area contributed by atoms with Gasteiger partial charge in [-0.3, -0.25) is 4.90 Å². The van der Waals surface area contributed by atoms with Gasteiger partial charge in [0.2, 0.25) is 0 Å². The second kappa shape index (κ2) is 6.10. The molecule has 3 rings (SSSR count). The van der Waals surface area contributed by atoms with Crippen molar-refractivity contribution < 1.29 is 9.13 Å². The highest BCUT2D eigenvalue weighted by Crippen LogP contribution is 2.42. The summed E-state index contributed by atoms with van der Waals surface area (Å²) in [5.41, 5.74) is 1.14. The normalized spacial score (nSPS) is 21.7. The molecule has 3 nitrogen and oxygen atoms in total. The average Bonchev–Trinajstić information content (AvgIpc) is 3.30. The standard InChI is InChI=1S/C16H23FN2O/c1-20-16-11-13(17)4-5-14(16)15(10-12-2-3-12)19-8-6-18-7-9-19/h4-5,11-12,15,18H,2-3,6-10H2,1H3/t15-/m1/s1. The number of ether oxygens (including phenoxy) is 1. The molecule has 1 aromatic carbocycles. The molecule has 1 aromatic rings. The van der Waals surface area contributed by atoms with Crippen molar-refractivity contribution in [3.8, 4) is 5.75 Å². The van der Waals surface area contributed by atoms with Crippen molar-refractivity contribution in [3.05, 3.63) is 29.6 Å². The van der Waals surface area contributed by atoms with Crippen LogP contribution in [0.4, 0.5) is 4.39 Å². The molecule has 1 aliphatic carbocycles. The monoisotopic (exact) mass is 278 g/mol. The Morgan fingerprint density at radius 3 is 2.75 bits per heavy atom. The number of nitrogens with zero attached hydrogens (tertiary/aromatic N) is 1. The number of piperazine rings is 1. The molecule has 1 N–H and O–H groups in total. The maximum absolute atomic E-state index is 13.4. The first-order valence-corrected chi connectivity index (χ1v) is 7.56. The Hall–Kier alpha value is -1.13. The highest BCUT2D eigenvalue weighted by Gasteiger charge is 2.31. The lowest BCUT2D eigenvalue weighted by molar-refractivity contribution is 0.157. The van der Waals surface area contributed by atoms with E-state index in [2.05, 4.69) is 10.2 Å². The minimum absolute atomic E-state index is 0.226. The van der Waals surface area contributed by atoms with Gasteiger partial charge in [0.25, 0.3) is 0 Å². The predicted molar refractivity (Wildman–Crippen MR) is 77.5 cm³/mol. The summed E-state index contributed by atoms with van der Waals surface area (Å²) in [4.78, 5) is 2.52. The van der Waals surface area contributed by atoms with Gasteiger partial charge < -0.3 is 10.1 Å². The molecule has 4 heteroatoms. The predicted octanol–water partition coefficient (Wildman–Crippen LogP) is 2.58. The number of hydrogen-bond donors (Lipinski definition) is 1. The van der Waals surface area contributed by atoms with Gasteiger partial charge in [0, 0.05) is 43.9 Å². The van der Waals surface area contributed by atoms with Crippen LogP contribution in [-0.4, -0.2) is 38.2 Å². The lowest BCUT2D eigenvalue weighted by Crippen LogP contribution is -2.45. The van der Waals surface area contributed by atoms with Gasteiger partial charge >= 0.3 is 0 Å². The molecule has 1 saturated carbocycles. The molecule has 0 aromatic heterocycles. The molecular formula is C16H23FN2O. The van der Waals surface area contributed by atoms with Gasteiger partial charge in [-0.05, 0) is 18.4 Å². The first-order chi connectivity index (χ1) is 9.78. The van der Waals surface area contributed by atoms with Crippen LogP contribution in [-0.2, 0) is 0 Å². The highest BCUT2D eigenvalue weighted by molar-refractivity contribution is 5.37. The Balaban J connectivity index is 1.86. The quantitative estimate of drug-likeness (QED) is 0.896. The Kier molecular flexibility index (Phi) is 4.22. The largest absolute Gasteiger partial charge is 0.496 e. The molecule has 0 amide bonds. The molecule has 1 heterocycles. The Bertz CT molecular complexity index is 456. The summed E-state index contributed by atoms with van der Waals surface area (Å²) in [5, 5.41) is 3.39. The maximum Gasteiger partial charge on any atom is 0.126 e. The summed E-state index contributed by atoms with van der Waals surface area (Å²) in [6, 6.07) is 5.33. The fourth-order valence-corrected chi connectivity index (χ4v) is 3.10. The number of benzene rings is 1. The van der Waals surface area contributed by atoms with Crippen LogP contribution < -0.4 is 10.1 Å². The van der Waals surface area contributed by atoms with E-state index < -0.39 is 0 Å². The van der Waals surface area contributed by atoms with Crippen molar-refractivity contribution in [1.82, 2.24) is 10.2 Å². The minimum Gasteiger partial charge on any atom is -0.496 e. The summed E-state index contributed by atoms with van der Waals surface area (Å²) in [5.74, 6) is 1.30. The van der Waals surface area contributed by atoms with Crippen LogP contribution in [0.5, 0.6) is 5.75 Å². The number of rotatable bonds is 5. The molecule has 2 fully saturated rings. The summed E-state index contributed by atoms with van der Waals surface area (Å²) >= 11 is 0. The molecule has 20 heavy (non-hydrogen) atoms. The van der Waals surface area contributed by atoms with Crippen LogP contribution in [0.2, 0.25) is 0 Å². The summed E-state index contributed by atoms with van der Waals surface area (Å²) in [6.07, 6.45) is 3.85. The van der Waals surface area contributed by atoms with Crippen molar-refractivity contribution in [3.63, 3.8) is 0 Å². The van der Waals surface area contributed by atoms with Crippen LogP contribution in [0, 0.1) is 11.7 Å². The van der Waals surface area contributed by atoms with Crippen molar-refractivity contribution in [1.29, 1.82) is 0 Å². The molecule has 0 unspecified atom stereocenters. The first kappa shape index (κ1) is 13.8. The van der Waals surface area contributed by atoms with Crippen LogP contribution in [0.3, 0.4) is 0 Å². The molecule has 0 bridgehead atoms. The smallest absolute Gasteiger partial charge is 0.126 e. The zero-order chi connectivity index (χ0) is 13.9. The van der Waals surface area contributed by atoms with Gasteiger partial charge in [-0.2, -0.15) is 0 Å². The van der Waals surface area contributed by atoms with E-state index in [9.17, 15) is 4.39 Å². The second-order valence-electron chi connectivity index (χ2n) is 5.87. The third-order valence-electron chi connectivity index (χ3n) is 4.40. The van der Waals surface area contributed by atoms with Crippen LogP contribution in [0.25, 0.3) is 0 Å². The zero-order valence-electron chi connectivity index (χ0n) is 12.1. The van der Waals surface area contributed by atoms with Crippen molar-refractivity contribution >= 4 is 0 Å². The van der Waals surface area contributed by atoms with Gasteiger partial charge in [-0.15, -0.1) is 0 Å². The second-order valence-corrected chi connectivity index (χ2v) is 5.87. The van der Waals surface area contributed by atoms with Crippen molar-refractivity contribution in [2.45, 2.75) is 25.3 Å². The fourth-order valence-electron chi connectivity index (χ4n) is 3.10. The average molecular weight is 278 g/mol. The van der Waals surface area contributed by atoms with E-state index in [1.54, 1.807) is 13.2 Å². The van der Waals surface area contributed by atoms with E-state index in [1.807, 2.05) is 6.07 Å². The maximum atomic E-state index is 13.4. The summed E-state index contributed by atoms with van der Waals surface area (Å²) in [7, 11) is 1.63. The Morgan fingerprint density at radius 1 is 1.35 bits per heavy atom. The molecule has 1 saturated heterocycles. The van der Waals surface area contributed by atoms with E-state index >= 15 is 0 Å². The summed E-state index contributed by atoms with van der Waals surface area (Å²) in [6.45, 7) is 4.17. The lowest BCUT2D eigenvalue weighted by Gasteiger charge is -2.36. The SMILES string of the molecule is COc1cc(F)ccc1[C@@H](CC1CC1)N1CCNCC1. The van der Waals surface area contributed by atoms with Gasteiger partial charge in [0.15, 0.2) is 0 Å². The van der Waals surface area contributed by atoms with E-state index in [4.69, 9.17) is 4.74 Å². The topological polar surface area (TPSA) is 24.5 Å². The van der Waals surface area contributed by atoms with Crippen LogP contribution in [0.15, 0.2) is 18.2 Å². The number of nitrogens with one attached hydrogen (secondary N) is 1. The third kappa shape index (κ3) is 3.13. The van der Waals surface area contributed by atoms with E-state index in [0.717, 1.165) is 37.7 Å². The van der Waals surface area contributed by atoms with Gasteiger partial charge in [-0.25, -0.2) is 4.39 Å². The Morgan fingerprint density at radius 2 is 2.10 bits per heavy atom. The van der Waals surface area contributed by atoms with Gasteiger partial charge in [-0.1, -0.05) is 18.9 Å². The highest BCUT2D eigenvalue weighted by atomic mass is 19.1. The first-order valence-electron chi connectivity index (χ1n) is 7.56. The number of methoxy groups -OCH3 is 1. The minimum atomic E-state index is -0.226.